The second kappa shape index (κ2) is 74.8. The molecule has 0 atom stereocenters. The van der Waals surface area contributed by atoms with Gasteiger partial charge in [-0.15, -0.1) is 49.4 Å². The van der Waals surface area contributed by atoms with Crippen LogP contribution in [0.3, 0.4) is 0 Å². The van der Waals surface area contributed by atoms with E-state index in [1.54, 1.807) is 27.7 Å². The summed E-state index contributed by atoms with van der Waals surface area (Å²) < 4.78 is 0. The number of rotatable bonds is 16. The maximum atomic E-state index is 12.3. The minimum Gasteiger partial charge on any atom is -0.872 e. The molecule has 4 N–H and O–H groups in total. The zero-order valence-corrected chi connectivity index (χ0v) is 92.1. The van der Waals surface area contributed by atoms with E-state index in [2.05, 4.69) is 316 Å². The van der Waals surface area contributed by atoms with Crippen LogP contribution < -0.4 is 40.9 Å². The second-order valence-corrected chi connectivity index (χ2v) is 36.6. The van der Waals surface area contributed by atoms with E-state index in [0.29, 0.717) is 23.8 Å². The van der Waals surface area contributed by atoms with Crippen LogP contribution in [-0.4, -0.2) is 194 Å². The van der Waals surface area contributed by atoms with Crippen LogP contribution in [0.4, 0.5) is 0 Å². The van der Waals surface area contributed by atoms with Crippen molar-refractivity contribution in [3.63, 3.8) is 0 Å². The third kappa shape index (κ3) is 59.3. The molecule has 0 bridgehead atoms. The van der Waals surface area contributed by atoms with Crippen molar-refractivity contribution in [1.82, 2.24) is 39.2 Å². The van der Waals surface area contributed by atoms with Crippen molar-refractivity contribution < 1.29 is 109 Å². The third-order valence-electron chi connectivity index (χ3n) is 19.0. The number of guanidine groups is 4. The van der Waals surface area contributed by atoms with Crippen LogP contribution in [-0.2, 0) is 112 Å². The second-order valence-electron chi connectivity index (χ2n) is 36.6. The Kier molecular flexibility index (Phi) is 87.4. The predicted molar refractivity (Wildman–Crippen MR) is 510 cm³/mol. The SMILES string of the molecule is CC(C)(C)c1cccc(C(C)(C)C)c1[O-].CC(C)(C)c1cccc(C(C)(C)C)c1[O-].CC(C)(C)c1cccc(C(C)(C)C)c1[O-].CC(C)(C)c1cccc(C(C)(C)C)c1[O-].CCN(CC)C(=N)N(CC)CC.CCN(CC)C(=N)N(CC)CC.CCN(CC)C(=N)N(CC)CC.CCN(CC)C(=N)N(CC)CC.CC[O-].CC[O-].CC[O-].CC[O-].[Mn+2].[Mn+2].[Mn+2].[Mn+2]. The zero-order chi connectivity index (χ0) is 96.5. The number of hydrogen-bond donors (Lipinski definition) is 4. The van der Waals surface area contributed by atoms with Crippen LogP contribution in [0.2, 0.25) is 0 Å². The van der Waals surface area contributed by atoms with Gasteiger partial charge in [-0.25, -0.2) is 0 Å². The summed E-state index contributed by atoms with van der Waals surface area (Å²) in [5, 5.41) is 116. The smallest absolute Gasteiger partial charge is 0.872 e. The minimum absolute atomic E-state index is 0. The van der Waals surface area contributed by atoms with Gasteiger partial charge in [0.05, 0.1) is 0 Å². The Morgan fingerprint density at radius 2 is 0.258 bits per heavy atom. The fourth-order valence-corrected chi connectivity index (χ4v) is 11.9. The van der Waals surface area contributed by atoms with Gasteiger partial charge in [0.1, 0.15) is 0 Å². The molecule has 0 heterocycles. The van der Waals surface area contributed by atoms with Crippen molar-refractivity contribution in [2.24, 2.45) is 0 Å². The molecule has 0 aliphatic rings. The molecule has 0 aliphatic heterocycles. The van der Waals surface area contributed by atoms with E-state index in [1.807, 2.05) is 72.8 Å². The number of nitrogens with zero attached hydrogens (tertiary/aromatic N) is 8. The van der Waals surface area contributed by atoms with E-state index in [4.69, 9.17) is 42.1 Å². The molecule has 124 heavy (non-hydrogen) atoms. The van der Waals surface area contributed by atoms with Gasteiger partial charge in [-0.2, -0.15) is 0 Å². The summed E-state index contributed by atoms with van der Waals surface area (Å²) in [5.41, 5.74) is 6.73. The summed E-state index contributed by atoms with van der Waals surface area (Å²) in [6.07, 6.45) is 0. The predicted octanol–water partition coefficient (Wildman–Crippen LogP) is 17.3. The van der Waals surface area contributed by atoms with Gasteiger partial charge in [0, 0.05) is 105 Å². The minimum atomic E-state index is -0.0711. The third-order valence-corrected chi connectivity index (χ3v) is 19.0. The molecule has 4 aromatic rings. The Morgan fingerprint density at radius 1 is 0.194 bits per heavy atom. The first kappa shape index (κ1) is 145. The largest absolute Gasteiger partial charge is 2.00 e. The van der Waals surface area contributed by atoms with Crippen molar-refractivity contribution in [3.8, 4) is 23.0 Å². The monoisotopic (exact) mass is 1910 g/mol. The normalized spacial score (nSPS) is 10.6. The van der Waals surface area contributed by atoms with Gasteiger partial charge in [0.15, 0.2) is 23.8 Å². The molecule has 4 aromatic carbocycles. The maximum Gasteiger partial charge on any atom is 2.00 e. The first-order valence-electron chi connectivity index (χ1n) is 44.9. The van der Waals surface area contributed by atoms with Crippen molar-refractivity contribution in [3.05, 3.63) is 117 Å². The van der Waals surface area contributed by atoms with E-state index in [9.17, 15) is 20.4 Å². The quantitative estimate of drug-likeness (QED) is 0.0460. The van der Waals surface area contributed by atoms with Crippen LogP contribution in [0, 0.1) is 21.6 Å². The number of nitrogens with one attached hydrogen (secondary N) is 4. The van der Waals surface area contributed by atoms with E-state index in [0.717, 1.165) is 149 Å². The molecule has 0 aromatic heterocycles. The maximum absolute atomic E-state index is 12.3. The van der Waals surface area contributed by atoms with Crippen molar-refractivity contribution in [1.29, 1.82) is 21.6 Å². The molecule has 4 rings (SSSR count). The van der Waals surface area contributed by atoms with E-state index < -0.39 is 0 Å². The van der Waals surface area contributed by atoms with Gasteiger partial charge < -0.3 is 80.1 Å². The zero-order valence-electron chi connectivity index (χ0n) is 87.4. The molecule has 0 saturated carbocycles. The van der Waals surface area contributed by atoms with Crippen LogP contribution in [0.1, 0.15) is 349 Å². The first-order valence-corrected chi connectivity index (χ1v) is 44.9. The fourth-order valence-electron chi connectivity index (χ4n) is 11.9. The molecule has 0 aliphatic carbocycles. The van der Waals surface area contributed by atoms with Gasteiger partial charge in [-0.05, 0) is 154 Å². The summed E-state index contributed by atoms with van der Waals surface area (Å²) in [6, 6.07) is 23.5. The summed E-state index contributed by atoms with van der Waals surface area (Å²) in [6.45, 7) is 104. The van der Waals surface area contributed by atoms with Crippen molar-refractivity contribution in [2.45, 2.75) is 348 Å². The molecule has 724 valence electrons. The molecule has 0 amide bonds. The summed E-state index contributed by atoms with van der Waals surface area (Å²) in [4.78, 5) is 16.5. The molecule has 24 heteroatoms. The van der Waals surface area contributed by atoms with E-state index in [1.165, 1.54) is 0 Å². The van der Waals surface area contributed by atoms with Gasteiger partial charge >= 0.3 is 68.3 Å². The molecule has 0 fully saturated rings. The Balaban J connectivity index is -0.000000113. The summed E-state index contributed by atoms with van der Waals surface area (Å²) in [5.74, 6) is 3.45. The fraction of sp³-hybridized carbons (Fsp3) is 0.720. The Bertz CT molecular complexity index is 2640. The van der Waals surface area contributed by atoms with Gasteiger partial charge in [-0.3, -0.25) is 21.6 Å². The molecular formula is C100H188Mn4N12O8. The molecule has 4 radical (unpaired) electrons. The van der Waals surface area contributed by atoms with Crippen LogP contribution in [0.5, 0.6) is 23.0 Å². The van der Waals surface area contributed by atoms with Crippen molar-refractivity contribution in [2.75, 3.05) is 131 Å². The number of benzene rings is 4. The summed E-state index contributed by atoms with van der Waals surface area (Å²) in [7, 11) is 0. The van der Waals surface area contributed by atoms with Crippen LogP contribution in [0.25, 0.3) is 0 Å². The molecule has 0 saturated heterocycles. The average Bonchev–Trinajstić information content (AvgIpc) is 0.814. The van der Waals surface area contributed by atoms with Crippen LogP contribution >= 0.6 is 0 Å². The van der Waals surface area contributed by atoms with Gasteiger partial charge in [0.25, 0.3) is 0 Å². The first-order chi connectivity index (χ1) is 55.0. The average molecular weight is 1910 g/mol. The number of para-hydroxylation sites is 4. The van der Waals surface area contributed by atoms with E-state index in [-0.39, 0.29) is 161 Å². The molecule has 20 nitrogen and oxygen atoms in total. The standard InChI is InChI=1S/4C14H22O.4C9H21N3.4C2H5O.4Mn/c4*1-13(2,3)10-8-7-9-11(12(10)15)14(4,5)6;4*1-5-11(6-2)9(10)12(7-3)8-4;4*1-2-3;;;;/h4*7-9,15H,1-6H3;4*10H,5-8H2,1-4H3;4*2H2,1H3;;;;/q;;;;;;;;4*-1;4*+2/p-4. The van der Waals surface area contributed by atoms with Gasteiger partial charge in [0.2, 0.25) is 0 Å². The summed E-state index contributed by atoms with van der Waals surface area (Å²) >= 11 is 0. The van der Waals surface area contributed by atoms with Gasteiger partial charge in [-0.1, -0.05) is 311 Å². The Hall–Kier alpha value is -4.92. The number of hydrogen-bond acceptors (Lipinski definition) is 12. The van der Waals surface area contributed by atoms with Crippen molar-refractivity contribution >= 4 is 23.8 Å². The van der Waals surface area contributed by atoms with Crippen LogP contribution in [0.15, 0.2) is 72.8 Å². The molecule has 0 unspecified atom stereocenters. The topological polar surface area (TPSA) is 306 Å². The Morgan fingerprint density at radius 3 is 0.306 bits per heavy atom. The van der Waals surface area contributed by atoms with E-state index >= 15 is 0 Å². The Labute approximate surface area is 807 Å². The molecule has 0 spiro atoms. The molecular weight excluding hydrogens is 1720 g/mol.